The van der Waals surface area contributed by atoms with Gasteiger partial charge in [0.2, 0.25) is 10.0 Å². The van der Waals surface area contributed by atoms with E-state index < -0.39 is 51.9 Å². The summed E-state index contributed by atoms with van der Waals surface area (Å²) in [4.78, 5) is 38.5. The van der Waals surface area contributed by atoms with Crippen molar-refractivity contribution in [1.82, 2.24) is 9.62 Å². The van der Waals surface area contributed by atoms with E-state index in [2.05, 4.69) is 0 Å². The Hall–Kier alpha value is -4.42. The fourth-order valence-corrected chi connectivity index (χ4v) is 6.46. The van der Waals surface area contributed by atoms with Crippen molar-refractivity contribution < 1.29 is 42.5 Å². The van der Waals surface area contributed by atoms with E-state index >= 15 is 0 Å². The minimum atomic E-state index is -4.17. The molecule has 1 saturated carbocycles. The van der Waals surface area contributed by atoms with Crippen LogP contribution in [0.15, 0.2) is 72.8 Å². The summed E-state index contributed by atoms with van der Waals surface area (Å²) in [5, 5.41) is 19.7. The van der Waals surface area contributed by atoms with Gasteiger partial charge in [0, 0.05) is 6.54 Å². The van der Waals surface area contributed by atoms with Crippen LogP contribution >= 0.6 is 0 Å². The average molecular weight is 695 g/mol. The van der Waals surface area contributed by atoms with Gasteiger partial charge in [-0.05, 0) is 87.3 Å². The summed E-state index contributed by atoms with van der Waals surface area (Å²) in [5.41, 5.74) is 2.60. The highest BCUT2D eigenvalue weighted by Crippen LogP contribution is 2.31. The highest BCUT2D eigenvalue weighted by atomic mass is 32.2. The maximum atomic E-state index is 13.1. The lowest BCUT2D eigenvalue weighted by Crippen LogP contribution is -2.40. The number of ether oxygens (including phenoxy) is 2. The molecule has 0 spiro atoms. The van der Waals surface area contributed by atoms with Crippen LogP contribution in [0.25, 0.3) is 11.1 Å². The second-order valence-electron chi connectivity index (χ2n) is 13.3. The Morgan fingerprint density at radius 2 is 1.59 bits per heavy atom. The molecule has 2 amide bonds. The fraction of sp³-hybridized carbons (Fsp3) is 0.432. The van der Waals surface area contributed by atoms with Crippen LogP contribution in [0.4, 0.5) is 4.79 Å². The monoisotopic (exact) mass is 694 g/mol. The standard InChI is InChI=1S/C37H46N2O9S/c1-37(2,3)48-36(44)39(25-32(40)28-10-6-4-7-11-28)22-20-26-14-16-27(17-15-26)29-18-19-31(33(24-29)47-30-12-8-5-9-13-30)35(43)38-49(45,46)23-21-34(41)42/h4,6-7,10-11,14-19,24,30,32,40H,5,8-9,12-13,20-23,25H2,1-3H3,(H,38,43)(H,41,42)/t32-/m0/s1. The predicted molar refractivity (Wildman–Crippen MR) is 186 cm³/mol. The number of benzene rings is 3. The lowest BCUT2D eigenvalue weighted by molar-refractivity contribution is -0.136. The summed E-state index contributed by atoms with van der Waals surface area (Å²) in [6, 6.07) is 21.8. The number of aliphatic hydroxyl groups excluding tert-OH is 1. The summed E-state index contributed by atoms with van der Waals surface area (Å²) >= 11 is 0. The molecule has 1 fully saturated rings. The van der Waals surface area contributed by atoms with Crippen molar-refractivity contribution in [3.05, 3.63) is 89.5 Å². The molecule has 0 heterocycles. The minimum absolute atomic E-state index is 0.0461. The smallest absolute Gasteiger partial charge is 0.410 e. The number of hydrogen-bond acceptors (Lipinski definition) is 8. The number of nitrogens with one attached hydrogen (secondary N) is 1. The zero-order valence-electron chi connectivity index (χ0n) is 28.3. The molecule has 3 aromatic carbocycles. The van der Waals surface area contributed by atoms with Gasteiger partial charge in [0.15, 0.2) is 0 Å². The zero-order valence-corrected chi connectivity index (χ0v) is 29.1. The molecular weight excluding hydrogens is 648 g/mol. The normalized spacial score (nSPS) is 14.4. The third-order valence-electron chi connectivity index (χ3n) is 8.09. The maximum absolute atomic E-state index is 13.1. The first-order valence-electron chi connectivity index (χ1n) is 16.6. The Morgan fingerprint density at radius 3 is 2.22 bits per heavy atom. The topological polar surface area (TPSA) is 160 Å². The van der Waals surface area contributed by atoms with Crippen molar-refractivity contribution in [3.63, 3.8) is 0 Å². The van der Waals surface area contributed by atoms with Crippen LogP contribution in [0, 0.1) is 0 Å². The molecule has 0 radical (unpaired) electrons. The molecule has 0 aromatic heterocycles. The van der Waals surface area contributed by atoms with Crippen LogP contribution in [0.1, 0.15) is 86.9 Å². The number of carbonyl (C=O) groups is 3. The second-order valence-corrected chi connectivity index (χ2v) is 15.1. The SMILES string of the molecule is CC(C)(C)OC(=O)N(CCc1ccc(-c2ccc(C(=O)NS(=O)(=O)CCC(=O)O)c(OC3CCCCC3)c2)cc1)C[C@H](O)c1ccccc1. The zero-order chi connectivity index (χ0) is 35.6. The Balaban J connectivity index is 1.51. The number of nitrogens with zero attached hydrogens (tertiary/aromatic N) is 1. The summed E-state index contributed by atoms with van der Waals surface area (Å²) in [5.74, 6) is -2.63. The summed E-state index contributed by atoms with van der Waals surface area (Å²) in [6.07, 6.45) is 3.10. The largest absolute Gasteiger partial charge is 0.490 e. The van der Waals surface area contributed by atoms with Crippen molar-refractivity contribution in [2.24, 2.45) is 0 Å². The number of hydrogen-bond donors (Lipinski definition) is 3. The Bertz CT molecular complexity index is 1680. The molecule has 4 rings (SSSR count). The maximum Gasteiger partial charge on any atom is 0.410 e. The van der Waals surface area contributed by atoms with Crippen molar-refractivity contribution in [2.75, 3.05) is 18.8 Å². The van der Waals surface area contributed by atoms with Crippen LogP contribution in [0.2, 0.25) is 0 Å². The average Bonchev–Trinajstić information content (AvgIpc) is 3.05. The number of sulfonamides is 1. The van der Waals surface area contributed by atoms with Gasteiger partial charge in [0.25, 0.3) is 5.91 Å². The van der Waals surface area contributed by atoms with Crippen molar-refractivity contribution in [3.8, 4) is 16.9 Å². The first-order chi connectivity index (χ1) is 23.2. The third kappa shape index (κ3) is 11.9. The molecule has 1 aliphatic rings. The predicted octanol–water partition coefficient (Wildman–Crippen LogP) is 6.11. The summed E-state index contributed by atoms with van der Waals surface area (Å²) in [6.45, 7) is 5.78. The Morgan fingerprint density at radius 1 is 0.939 bits per heavy atom. The number of carboxylic acids is 1. The highest BCUT2D eigenvalue weighted by molar-refractivity contribution is 7.90. The van der Waals surface area contributed by atoms with Gasteiger partial charge < -0.3 is 24.6 Å². The van der Waals surface area contributed by atoms with E-state index in [9.17, 15) is 27.9 Å². The van der Waals surface area contributed by atoms with E-state index in [0.717, 1.165) is 48.8 Å². The van der Waals surface area contributed by atoms with Gasteiger partial charge in [-0.25, -0.2) is 17.9 Å². The molecule has 49 heavy (non-hydrogen) atoms. The molecule has 0 aliphatic heterocycles. The number of carbonyl (C=O) groups excluding carboxylic acids is 2. The fourth-order valence-electron chi connectivity index (χ4n) is 5.52. The molecule has 12 heteroatoms. The first-order valence-corrected chi connectivity index (χ1v) is 18.2. The van der Waals surface area contributed by atoms with Gasteiger partial charge in [-0.2, -0.15) is 0 Å². The molecule has 3 aromatic rings. The molecule has 0 bridgehead atoms. The van der Waals surface area contributed by atoms with Gasteiger partial charge in [-0.1, -0.05) is 67.1 Å². The van der Waals surface area contributed by atoms with Crippen LogP contribution in [-0.2, 0) is 26.0 Å². The number of amides is 2. The highest BCUT2D eigenvalue weighted by Gasteiger charge is 2.26. The van der Waals surface area contributed by atoms with Crippen LogP contribution in [0.5, 0.6) is 5.75 Å². The van der Waals surface area contributed by atoms with Crippen molar-refractivity contribution >= 4 is 28.0 Å². The molecule has 1 atom stereocenters. The molecule has 1 aliphatic carbocycles. The van der Waals surface area contributed by atoms with Gasteiger partial charge in [-0.3, -0.25) is 9.59 Å². The molecule has 264 valence electrons. The van der Waals surface area contributed by atoms with E-state index in [-0.39, 0.29) is 24.0 Å². The Kier molecular flexibility index (Phi) is 12.8. The van der Waals surface area contributed by atoms with Crippen molar-refractivity contribution in [1.29, 1.82) is 0 Å². The number of aliphatic carboxylic acids is 1. The van der Waals surface area contributed by atoms with Gasteiger partial charge in [-0.15, -0.1) is 0 Å². The van der Waals surface area contributed by atoms with Gasteiger partial charge >= 0.3 is 12.1 Å². The van der Waals surface area contributed by atoms with Crippen LogP contribution in [0.3, 0.4) is 0 Å². The quantitative estimate of drug-likeness (QED) is 0.181. The van der Waals surface area contributed by atoms with E-state index in [1.807, 2.05) is 59.3 Å². The Labute approximate surface area is 288 Å². The van der Waals surface area contributed by atoms with E-state index in [4.69, 9.17) is 14.6 Å². The first kappa shape index (κ1) is 37.4. The summed E-state index contributed by atoms with van der Waals surface area (Å²) in [7, 11) is -4.17. The number of rotatable bonds is 14. The summed E-state index contributed by atoms with van der Waals surface area (Å²) < 4.78 is 38.6. The van der Waals surface area contributed by atoms with E-state index in [0.29, 0.717) is 18.5 Å². The third-order valence-corrected chi connectivity index (χ3v) is 9.33. The molecule has 3 N–H and O–H groups in total. The lowest BCUT2D eigenvalue weighted by Gasteiger charge is -2.29. The van der Waals surface area contributed by atoms with Crippen LogP contribution < -0.4 is 9.46 Å². The molecule has 11 nitrogen and oxygen atoms in total. The van der Waals surface area contributed by atoms with Crippen molar-refractivity contribution in [2.45, 2.75) is 83.5 Å². The molecule has 0 saturated heterocycles. The van der Waals surface area contributed by atoms with E-state index in [1.165, 1.54) is 11.0 Å². The number of aliphatic hydroxyl groups is 1. The number of carboxylic acid groups (broad SMARTS) is 1. The second kappa shape index (κ2) is 16.8. The lowest BCUT2D eigenvalue weighted by atomic mass is 9.97. The van der Waals surface area contributed by atoms with E-state index in [1.54, 1.807) is 32.9 Å². The molecular formula is C37H46N2O9S. The van der Waals surface area contributed by atoms with Gasteiger partial charge in [0.05, 0.1) is 36.5 Å². The molecule has 0 unspecified atom stereocenters. The van der Waals surface area contributed by atoms with Crippen LogP contribution in [-0.4, -0.2) is 72.0 Å². The van der Waals surface area contributed by atoms with Gasteiger partial charge in [0.1, 0.15) is 11.4 Å². The minimum Gasteiger partial charge on any atom is -0.490 e.